The van der Waals surface area contributed by atoms with Gasteiger partial charge in [0.15, 0.2) is 0 Å². The lowest BCUT2D eigenvalue weighted by atomic mass is 10.0. The Morgan fingerprint density at radius 2 is 2.05 bits per heavy atom. The minimum absolute atomic E-state index is 0.101. The van der Waals surface area contributed by atoms with Gasteiger partial charge in [-0.3, -0.25) is 4.79 Å². The minimum Gasteiger partial charge on any atom is -0.399 e. The summed E-state index contributed by atoms with van der Waals surface area (Å²) in [4.78, 5) is 15.7. The number of amides is 1. The number of nitrogens with two attached hydrogens (primary N) is 1. The molecule has 1 heterocycles. The Bertz CT molecular complexity index is 835. The molecule has 112 valence electrons. The van der Waals surface area contributed by atoms with Gasteiger partial charge in [0.05, 0.1) is 11.6 Å². The molecule has 0 aliphatic carbocycles. The van der Waals surface area contributed by atoms with Crippen LogP contribution in [-0.2, 0) is 0 Å². The molecule has 4 N–H and O–H groups in total. The number of aryl methyl sites for hydroxylation is 1. The zero-order valence-electron chi connectivity index (χ0n) is 12.7. The van der Waals surface area contributed by atoms with Crippen LogP contribution in [0.15, 0.2) is 48.7 Å². The van der Waals surface area contributed by atoms with Crippen LogP contribution in [0.5, 0.6) is 0 Å². The summed E-state index contributed by atoms with van der Waals surface area (Å²) in [5.41, 5.74) is 10.0. The van der Waals surface area contributed by atoms with Crippen LogP contribution in [0, 0.1) is 6.92 Å². The number of aromatic nitrogens is 1. The molecule has 1 unspecified atom stereocenters. The number of H-pyrrole nitrogens is 1. The zero-order chi connectivity index (χ0) is 15.7. The first-order valence-corrected chi connectivity index (χ1v) is 7.29. The molecule has 1 amide bonds. The van der Waals surface area contributed by atoms with Crippen LogP contribution in [0.4, 0.5) is 5.69 Å². The third-order valence-electron chi connectivity index (χ3n) is 3.94. The molecule has 0 fully saturated rings. The van der Waals surface area contributed by atoms with E-state index in [0.717, 1.165) is 22.0 Å². The summed E-state index contributed by atoms with van der Waals surface area (Å²) in [6.07, 6.45) is 1.91. The van der Waals surface area contributed by atoms with Gasteiger partial charge in [-0.15, -0.1) is 0 Å². The van der Waals surface area contributed by atoms with Gasteiger partial charge < -0.3 is 16.0 Å². The number of nitrogen functional groups attached to an aromatic ring is 1. The second-order valence-electron chi connectivity index (χ2n) is 5.56. The molecule has 3 rings (SSSR count). The number of carbonyl (C=O) groups is 1. The first-order chi connectivity index (χ1) is 10.6. The van der Waals surface area contributed by atoms with E-state index in [9.17, 15) is 4.79 Å². The van der Waals surface area contributed by atoms with Gasteiger partial charge >= 0.3 is 0 Å². The molecule has 4 nitrogen and oxygen atoms in total. The van der Waals surface area contributed by atoms with E-state index in [0.29, 0.717) is 11.3 Å². The maximum absolute atomic E-state index is 12.5. The minimum atomic E-state index is -0.110. The van der Waals surface area contributed by atoms with Crippen molar-refractivity contribution >= 4 is 22.5 Å². The van der Waals surface area contributed by atoms with E-state index in [-0.39, 0.29) is 11.9 Å². The number of carbonyl (C=O) groups excluding carboxylic acids is 1. The zero-order valence-corrected chi connectivity index (χ0v) is 12.7. The van der Waals surface area contributed by atoms with E-state index < -0.39 is 0 Å². The highest BCUT2D eigenvalue weighted by molar-refractivity contribution is 5.97. The van der Waals surface area contributed by atoms with Gasteiger partial charge in [0.25, 0.3) is 5.91 Å². The Morgan fingerprint density at radius 1 is 1.23 bits per heavy atom. The molecule has 0 saturated heterocycles. The average Bonchev–Trinajstić information content (AvgIpc) is 2.97. The summed E-state index contributed by atoms with van der Waals surface area (Å²) < 4.78 is 0. The van der Waals surface area contributed by atoms with Crippen molar-refractivity contribution in [2.24, 2.45) is 0 Å². The lowest BCUT2D eigenvalue weighted by Gasteiger charge is -2.16. The molecule has 2 aromatic carbocycles. The molecule has 0 saturated carbocycles. The third kappa shape index (κ3) is 2.55. The molecule has 22 heavy (non-hydrogen) atoms. The Balaban J connectivity index is 1.88. The molecule has 0 spiro atoms. The first-order valence-electron chi connectivity index (χ1n) is 7.29. The van der Waals surface area contributed by atoms with Gasteiger partial charge in [0, 0.05) is 17.4 Å². The smallest absolute Gasteiger partial charge is 0.252 e. The van der Waals surface area contributed by atoms with E-state index in [1.165, 1.54) is 0 Å². The van der Waals surface area contributed by atoms with Crippen LogP contribution in [-0.4, -0.2) is 10.9 Å². The molecule has 0 bridgehead atoms. The number of anilines is 1. The van der Waals surface area contributed by atoms with Crippen LogP contribution >= 0.6 is 0 Å². The van der Waals surface area contributed by atoms with E-state index >= 15 is 0 Å². The molecule has 3 aromatic rings. The van der Waals surface area contributed by atoms with Crippen molar-refractivity contribution in [1.82, 2.24) is 10.3 Å². The van der Waals surface area contributed by atoms with Crippen molar-refractivity contribution in [3.63, 3.8) is 0 Å². The van der Waals surface area contributed by atoms with Gasteiger partial charge in [-0.1, -0.05) is 24.3 Å². The molecular formula is C18H19N3O. The van der Waals surface area contributed by atoms with Crippen LogP contribution < -0.4 is 11.1 Å². The number of fused-ring (bicyclic) bond motifs is 1. The van der Waals surface area contributed by atoms with E-state index in [1.807, 2.05) is 50.4 Å². The Hall–Kier alpha value is -2.75. The lowest BCUT2D eigenvalue weighted by Crippen LogP contribution is -2.27. The molecular weight excluding hydrogens is 274 g/mol. The van der Waals surface area contributed by atoms with E-state index in [2.05, 4.69) is 10.3 Å². The Kier molecular flexibility index (Phi) is 3.59. The number of para-hydroxylation sites is 1. The van der Waals surface area contributed by atoms with Crippen LogP contribution in [0.2, 0.25) is 0 Å². The molecule has 4 heteroatoms. The SMILES string of the molecule is Cc1ccc(N)cc1C(=O)NC(C)c1cccc2cc[nH]c12. The molecule has 0 radical (unpaired) electrons. The van der Waals surface area contributed by atoms with Crippen molar-refractivity contribution in [3.05, 3.63) is 65.4 Å². The lowest BCUT2D eigenvalue weighted by molar-refractivity contribution is 0.0939. The summed E-state index contributed by atoms with van der Waals surface area (Å²) in [5.74, 6) is -0.110. The number of rotatable bonds is 3. The van der Waals surface area contributed by atoms with Crippen molar-refractivity contribution in [3.8, 4) is 0 Å². The van der Waals surface area contributed by atoms with Gasteiger partial charge in [0.2, 0.25) is 0 Å². The number of hydrogen-bond donors (Lipinski definition) is 3. The topological polar surface area (TPSA) is 70.9 Å². The monoisotopic (exact) mass is 293 g/mol. The maximum atomic E-state index is 12.5. The van der Waals surface area contributed by atoms with Crippen molar-refractivity contribution < 1.29 is 4.79 Å². The quantitative estimate of drug-likeness (QED) is 0.646. The Labute approximate surface area is 129 Å². The average molecular weight is 293 g/mol. The largest absolute Gasteiger partial charge is 0.399 e. The number of benzene rings is 2. The first kappa shape index (κ1) is 14.2. The highest BCUT2D eigenvalue weighted by Crippen LogP contribution is 2.23. The highest BCUT2D eigenvalue weighted by Gasteiger charge is 2.15. The number of hydrogen-bond acceptors (Lipinski definition) is 2. The summed E-state index contributed by atoms with van der Waals surface area (Å²) in [7, 11) is 0. The predicted molar refractivity (Wildman–Crippen MR) is 89.8 cm³/mol. The Morgan fingerprint density at radius 3 is 2.86 bits per heavy atom. The van der Waals surface area contributed by atoms with E-state index in [4.69, 9.17) is 5.73 Å². The predicted octanol–water partition coefficient (Wildman–Crippen LogP) is 3.55. The van der Waals surface area contributed by atoms with Crippen LogP contribution in [0.3, 0.4) is 0 Å². The highest BCUT2D eigenvalue weighted by atomic mass is 16.1. The summed E-state index contributed by atoms with van der Waals surface area (Å²) in [5, 5.41) is 4.19. The van der Waals surface area contributed by atoms with Crippen LogP contribution in [0.1, 0.15) is 34.5 Å². The van der Waals surface area contributed by atoms with Crippen LogP contribution in [0.25, 0.3) is 10.9 Å². The third-order valence-corrected chi connectivity index (χ3v) is 3.94. The van der Waals surface area contributed by atoms with Crippen molar-refractivity contribution in [1.29, 1.82) is 0 Å². The van der Waals surface area contributed by atoms with Crippen molar-refractivity contribution in [2.75, 3.05) is 5.73 Å². The second-order valence-corrected chi connectivity index (χ2v) is 5.56. The molecule has 1 aromatic heterocycles. The van der Waals surface area contributed by atoms with Crippen molar-refractivity contribution in [2.45, 2.75) is 19.9 Å². The maximum Gasteiger partial charge on any atom is 0.252 e. The summed E-state index contributed by atoms with van der Waals surface area (Å²) in [6.45, 7) is 3.89. The fourth-order valence-electron chi connectivity index (χ4n) is 2.71. The normalized spacial score (nSPS) is 12.3. The second kappa shape index (κ2) is 5.56. The number of nitrogens with one attached hydrogen (secondary N) is 2. The summed E-state index contributed by atoms with van der Waals surface area (Å²) in [6, 6.07) is 13.4. The standard InChI is InChI=1S/C18H19N3O/c1-11-6-7-14(19)10-16(11)18(22)21-12(2)15-5-3-4-13-8-9-20-17(13)15/h3-10,12,20H,19H2,1-2H3,(H,21,22). The van der Waals surface area contributed by atoms with Gasteiger partial charge in [-0.05, 0) is 48.6 Å². The fourth-order valence-corrected chi connectivity index (χ4v) is 2.71. The summed E-state index contributed by atoms with van der Waals surface area (Å²) >= 11 is 0. The van der Waals surface area contributed by atoms with Gasteiger partial charge in [-0.25, -0.2) is 0 Å². The molecule has 1 atom stereocenters. The molecule has 0 aliphatic heterocycles. The van der Waals surface area contributed by atoms with E-state index in [1.54, 1.807) is 12.1 Å². The molecule has 0 aliphatic rings. The van der Waals surface area contributed by atoms with Gasteiger partial charge in [0.1, 0.15) is 0 Å². The fraction of sp³-hybridized carbons (Fsp3) is 0.167. The number of aromatic amines is 1. The van der Waals surface area contributed by atoms with Gasteiger partial charge in [-0.2, -0.15) is 0 Å².